The van der Waals surface area contributed by atoms with Crippen molar-refractivity contribution in [2.75, 3.05) is 48.8 Å². The lowest BCUT2D eigenvalue weighted by atomic mass is 10.2. The van der Waals surface area contributed by atoms with Gasteiger partial charge in [0.05, 0.1) is 7.11 Å². The smallest absolute Gasteiger partial charge is 0.321 e. The van der Waals surface area contributed by atoms with Crippen molar-refractivity contribution in [3.05, 3.63) is 48.5 Å². The highest BCUT2D eigenvalue weighted by Gasteiger charge is 2.21. The molecule has 0 aromatic heterocycles. The summed E-state index contributed by atoms with van der Waals surface area (Å²) in [4.78, 5) is 27.7. The van der Waals surface area contributed by atoms with Crippen LogP contribution in [0.5, 0.6) is 5.75 Å². The van der Waals surface area contributed by atoms with Crippen LogP contribution in [0.1, 0.15) is 6.92 Å². The van der Waals surface area contributed by atoms with Gasteiger partial charge in [-0.1, -0.05) is 6.07 Å². The molecule has 1 heterocycles. The molecule has 7 heteroatoms. The standard InChI is InChI=1S/C20H24N4O3/c1-15(25)21-17-4-3-5-18(14-17)23-10-12-24(13-11-23)20(26)22-16-6-8-19(27-2)9-7-16/h3-9,14H,10-13H2,1-2H3,(H,21,25)(H,22,26). The third kappa shape index (κ3) is 4.91. The van der Waals surface area contributed by atoms with E-state index in [0.717, 1.165) is 35.9 Å². The highest BCUT2D eigenvalue weighted by Crippen LogP contribution is 2.21. The van der Waals surface area contributed by atoms with Crippen molar-refractivity contribution in [2.24, 2.45) is 0 Å². The fraction of sp³-hybridized carbons (Fsp3) is 0.300. The van der Waals surface area contributed by atoms with Gasteiger partial charge >= 0.3 is 6.03 Å². The molecule has 1 aliphatic rings. The first kappa shape index (κ1) is 18.6. The van der Waals surface area contributed by atoms with Crippen LogP contribution in [0.3, 0.4) is 0 Å². The van der Waals surface area contributed by atoms with Gasteiger partial charge in [-0.25, -0.2) is 4.79 Å². The van der Waals surface area contributed by atoms with E-state index >= 15 is 0 Å². The maximum Gasteiger partial charge on any atom is 0.321 e. The molecule has 0 radical (unpaired) electrons. The number of urea groups is 1. The molecule has 3 amide bonds. The van der Waals surface area contributed by atoms with E-state index in [1.165, 1.54) is 6.92 Å². The summed E-state index contributed by atoms with van der Waals surface area (Å²) in [6.45, 7) is 4.23. The van der Waals surface area contributed by atoms with Crippen LogP contribution in [-0.2, 0) is 4.79 Å². The topological polar surface area (TPSA) is 73.9 Å². The molecular formula is C20H24N4O3. The Morgan fingerprint density at radius 2 is 1.63 bits per heavy atom. The molecule has 0 atom stereocenters. The second kappa shape index (κ2) is 8.44. The second-order valence-corrected chi connectivity index (χ2v) is 6.36. The first-order valence-corrected chi connectivity index (χ1v) is 8.88. The van der Waals surface area contributed by atoms with Crippen LogP contribution < -0.4 is 20.3 Å². The maximum absolute atomic E-state index is 12.5. The lowest BCUT2D eigenvalue weighted by Crippen LogP contribution is -2.50. The number of ether oxygens (including phenoxy) is 1. The van der Waals surface area contributed by atoms with E-state index in [-0.39, 0.29) is 11.9 Å². The number of nitrogens with one attached hydrogen (secondary N) is 2. The van der Waals surface area contributed by atoms with Gasteiger partial charge in [0, 0.05) is 50.2 Å². The van der Waals surface area contributed by atoms with Crippen LogP contribution in [0.25, 0.3) is 0 Å². The summed E-state index contributed by atoms with van der Waals surface area (Å²) in [6, 6.07) is 14.9. The number of anilines is 3. The van der Waals surface area contributed by atoms with Crippen LogP contribution in [0.4, 0.5) is 21.9 Å². The van der Waals surface area contributed by atoms with Gasteiger partial charge in [0.2, 0.25) is 5.91 Å². The van der Waals surface area contributed by atoms with E-state index < -0.39 is 0 Å². The molecule has 3 rings (SSSR count). The summed E-state index contributed by atoms with van der Waals surface area (Å²) < 4.78 is 5.12. The predicted molar refractivity (Wildman–Crippen MR) is 107 cm³/mol. The number of piperazine rings is 1. The number of benzene rings is 2. The molecule has 0 spiro atoms. The molecule has 1 aliphatic heterocycles. The Morgan fingerprint density at radius 3 is 2.26 bits per heavy atom. The molecule has 2 aromatic rings. The Kier molecular flexibility index (Phi) is 5.80. The zero-order valence-corrected chi connectivity index (χ0v) is 15.6. The molecule has 0 aliphatic carbocycles. The molecular weight excluding hydrogens is 344 g/mol. The fourth-order valence-electron chi connectivity index (χ4n) is 3.03. The number of hydrogen-bond acceptors (Lipinski definition) is 4. The van der Waals surface area contributed by atoms with Crippen molar-refractivity contribution in [3.8, 4) is 5.75 Å². The number of carbonyl (C=O) groups is 2. The van der Waals surface area contributed by atoms with E-state index in [4.69, 9.17) is 4.74 Å². The number of carbonyl (C=O) groups excluding carboxylic acids is 2. The van der Waals surface area contributed by atoms with Gasteiger partial charge in [0.15, 0.2) is 0 Å². The number of methoxy groups -OCH3 is 1. The van der Waals surface area contributed by atoms with E-state index in [1.54, 1.807) is 12.0 Å². The van der Waals surface area contributed by atoms with Gasteiger partial charge in [-0.15, -0.1) is 0 Å². The van der Waals surface area contributed by atoms with Crippen LogP contribution >= 0.6 is 0 Å². The van der Waals surface area contributed by atoms with E-state index in [2.05, 4.69) is 15.5 Å². The Labute approximate surface area is 158 Å². The first-order valence-electron chi connectivity index (χ1n) is 8.88. The van der Waals surface area contributed by atoms with Crippen molar-refractivity contribution in [3.63, 3.8) is 0 Å². The SMILES string of the molecule is COc1ccc(NC(=O)N2CCN(c3cccc(NC(C)=O)c3)CC2)cc1. The predicted octanol–water partition coefficient (Wildman–Crippen LogP) is 3.01. The third-order valence-corrected chi connectivity index (χ3v) is 4.44. The van der Waals surface area contributed by atoms with Gasteiger partial charge in [0.1, 0.15) is 5.75 Å². The largest absolute Gasteiger partial charge is 0.497 e. The number of nitrogens with zero attached hydrogens (tertiary/aromatic N) is 2. The highest BCUT2D eigenvalue weighted by atomic mass is 16.5. The van der Waals surface area contributed by atoms with Gasteiger partial charge in [-0.2, -0.15) is 0 Å². The number of amides is 3. The Bertz CT molecular complexity index is 799. The van der Waals surface area contributed by atoms with Crippen LogP contribution in [0, 0.1) is 0 Å². The molecule has 0 unspecified atom stereocenters. The zero-order chi connectivity index (χ0) is 19.2. The average Bonchev–Trinajstić information content (AvgIpc) is 2.68. The second-order valence-electron chi connectivity index (χ2n) is 6.36. The Hall–Kier alpha value is -3.22. The van der Waals surface area contributed by atoms with Gasteiger partial charge in [0.25, 0.3) is 0 Å². The molecule has 1 fully saturated rings. The number of rotatable bonds is 4. The van der Waals surface area contributed by atoms with Crippen molar-refractivity contribution in [1.82, 2.24) is 4.90 Å². The molecule has 0 saturated carbocycles. The Morgan fingerprint density at radius 1 is 0.926 bits per heavy atom. The summed E-state index contributed by atoms with van der Waals surface area (Å²) in [6.07, 6.45) is 0. The average molecular weight is 368 g/mol. The van der Waals surface area contributed by atoms with E-state index in [9.17, 15) is 9.59 Å². The van der Waals surface area contributed by atoms with Crippen LogP contribution in [-0.4, -0.2) is 50.1 Å². The minimum atomic E-state index is -0.105. The molecule has 2 aromatic carbocycles. The van der Waals surface area contributed by atoms with Gasteiger partial charge < -0.3 is 25.2 Å². The van der Waals surface area contributed by atoms with Crippen LogP contribution in [0.15, 0.2) is 48.5 Å². The monoisotopic (exact) mass is 368 g/mol. The summed E-state index contributed by atoms with van der Waals surface area (Å²) in [5, 5.41) is 5.71. The maximum atomic E-state index is 12.5. The normalized spacial score (nSPS) is 13.9. The molecule has 0 bridgehead atoms. The zero-order valence-electron chi connectivity index (χ0n) is 15.6. The summed E-state index contributed by atoms with van der Waals surface area (Å²) in [5.74, 6) is 0.662. The van der Waals surface area contributed by atoms with Gasteiger partial charge in [-0.05, 0) is 42.5 Å². The van der Waals surface area contributed by atoms with E-state index in [0.29, 0.717) is 13.1 Å². The summed E-state index contributed by atoms with van der Waals surface area (Å²) >= 11 is 0. The molecule has 2 N–H and O–H groups in total. The van der Waals surface area contributed by atoms with Crippen molar-refractivity contribution in [2.45, 2.75) is 6.92 Å². The minimum Gasteiger partial charge on any atom is -0.497 e. The summed E-state index contributed by atoms with van der Waals surface area (Å²) in [5.41, 5.74) is 2.56. The summed E-state index contributed by atoms with van der Waals surface area (Å²) in [7, 11) is 1.61. The van der Waals surface area contributed by atoms with Crippen molar-refractivity contribution >= 4 is 29.0 Å². The quantitative estimate of drug-likeness (QED) is 0.870. The Balaban J connectivity index is 1.55. The molecule has 7 nitrogen and oxygen atoms in total. The molecule has 27 heavy (non-hydrogen) atoms. The fourth-order valence-corrected chi connectivity index (χ4v) is 3.03. The minimum absolute atomic E-state index is 0.0906. The first-order chi connectivity index (χ1) is 13.0. The van der Waals surface area contributed by atoms with Gasteiger partial charge in [-0.3, -0.25) is 4.79 Å². The van der Waals surface area contributed by atoms with Crippen molar-refractivity contribution in [1.29, 1.82) is 0 Å². The third-order valence-electron chi connectivity index (χ3n) is 4.44. The molecule has 142 valence electrons. The van der Waals surface area contributed by atoms with Crippen molar-refractivity contribution < 1.29 is 14.3 Å². The number of hydrogen-bond donors (Lipinski definition) is 2. The lowest BCUT2D eigenvalue weighted by Gasteiger charge is -2.36. The molecule has 1 saturated heterocycles. The van der Waals surface area contributed by atoms with Crippen LogP contribution in [0.2, 0.25) is 0 Å². The van der Waals surface area contributed by atoms with E-state index in [1.807, 2.05) is 48.5 Å². The lowest BCUT2D eigenvalue weighted by molar-refractivity contribution is -0.114. The highest BCUT2D eigenvalue weighted by molar-refractivity contribution is 5.90.